The number of nitrogens with one attached hydrogen (secondary N) is 1. The highest BCUT2D eigenvalue weighted by atomic mass is 35.5. The first-order valence-electron chi connectivity index (χ1n) is 6.68. The predicted octanol–water partition coefficient (Wildman–Crippen LogP) is 2.87. The molecule has 1 heterocycles. The van der Waals surface area contributed by atoms with Crippen molar-refractivity contribution >= 4 is 40.8 Å². The highest BCUT2D eigenvalue weighted by molar-refractivity contribution is 6.35. The smallest absolute Gasteiger partial charge is 0.304 e. The maximum atomic E-state index is 12.3. The number of carboxylic acids is 1. The summed E-state index contributed by atoms with van der Waals surface area (Å²) in [5.41, 5.74) is 0.544. The Hall–Kier alpha value is -1.30. The summed E-state index contributed by atoms with van der Waals surface area (Å²) in [7, 11) is 0. The van der Waals surface area contributed by atoms with Crippen LogP contribution in [0.25, 0.3) is 0 Å². The third-order valence-electron chi connectivity index (χ3n) is 3.41. The van der Waals surface area contributed by atoms with Crippen LogP contribution in [0.15, 0.2) is 18.2 Å². The molecule has 21 heavy (non-hydrogen) atoms. The number of amides is 1. The largest absolute Gasteiger partial charge is 0.481 e. The molecule has 0 aromatic heterocycles. The van der Waals surface area contributed by atoms with Crippen molar-refractivity contribution in [2.75, 3.05) is 18.4 Å². The maximum absolute atomic E-state index is 12.3. The Bertz CT molecular complexity index is 531. The van der Waals surface area contributed by atoms with Crippen molar-refractivity contribution in [3.05, 3.63) is 28.2 Å². The van der Waals surface area contributed by atoms with E-state index in [0.717, 1.165) is 19.4 Å². The summed E-state index contributed by atoms with van der Waals surface area (Å²) in [5, 5.41) is 12.4. The zero-order chi connectivity index (χ0) is 15.4. The third-order valence-corrected chi connectivity index (χ3v) is 3.85. The van der Waals surface area contributed by atoms with E-state index in [9.17, 15) is 9.59 Å². The van der Waals surface area contributed by atoms with Gasteiger partial charge in [0.05, 0.1) is 12.5 Å². The average molecular weight is 331 g/mol. The average Bonchev–Trinajstić information content (AvgIpc) is 2.83. The molecule has 0 aliphatic carbocycles. The first-order valence-corrected chi connectivity index (χ1v) is 7.44. The molecule has 2 rings (SSSR count). The van der Waals surface area contributed by atoms with Crippen LogP contribution in [0, 0.1) is 0 Å². The Balaban J connectivity index is 1.99. The molecule has 5 nitrogen and oxygen atoms in total. The van der Waals surface area contributed by atoms with Crippen molar-refractivity contribution in [3.63, 3.8) is 0 Å². The number of halogens is 2. The van der Waals surface area contributed by atoms with Crippen molar-refractivity contribution in [2.45, 2.75) is 25.3 Å². The fourth-order valence-corrected chi connectivity index (χ4v) is 3.01. The minimum Gasteiger partial charge on any atom is -0.481 e. The first-order chi connectivity index (χ1) is 9.95. The number of anilines is 1. The number of carboxylic acid groups (broad SMARTS) is 1. The van der Waals surface area contributed by atoms with Crippen LogP contribution in [0.3, 0.4) is 0 Å². The van der Waals surface area contributed by atoms with Gasteiger partial charge in [0.1, 0.15) is 0 Å². The van der Waals surface area contributed by atoms with Gasteiger partial charge in [0.25, 0.3) is 0 Å². The number of carbonyl (C=O) groups excluding carboxylic acids is 1. The Morgan fingerprint density at radius 3 is 2.57 bits per heavy atom. The lowest BCUT2D eigenvalue weighted by Gasteiger charge is -2.23. The van der Waals surface area contributed by atoms with E-state index >= 15 is 0 Å². The first kappa shape index (κ1) is 16.1. The van der Waals surface area contributed by atoms with E-state index in [1.165, 1.54) is 0 Å². The number of carbonyl (C=O) groups is 2. The Morgan fingerprint density at radius 1 is 1.29 bits per heavy atom. The summed E-state index contributed by atoms with van der Waals surface area (Å²) in [5.74, 6) is -1.01. The van der Waals surface area contributed by atoms with Crippen LogP contribution in [0.4, 0.5) is 5.69 Å². The van der Waals surface area contributed by atoms with Gasteiger partial charge in [-0.25, -0.2) is 0 Å². The molecule has 1 aromatic carbocycles. The summed E-state index contributed by atoms with van der Waals surface area (Å²) in [6.45, 7) is 1.12. The summed E-state index contributed by atoms with van der Waals surface area (Å²) in [6.07, 6.45) is 1.64. The van der Waals surface area contributed by atoms with Gasteiger partial charge in [0.15, 0.2) is 0 Å². The van der Waals surface area contributed by atoms with E-state index in [1.807, 2.05) is 4.90 Å². The van der Waals surface area contributed by atoms with Gasteiger partial charge in [-0.2, -0.15) is 0 Å². The van der Waals surface area contributed by atoms with Gasteiger partial charge in [-0.15, -0.1) is 0 Å². The van der Waals surface area contributed by atoms with Gasteiger partial charge in [-0.3, -0.25) is 14.5 Å². The molecule has 1 saturated heterocycles. The molecule has 2 N–H and O–H groups in total. The van der Waals surface area contributed by atoms with E-state index in [0.29, 0.717) is 22.3 Å². The number of aliphatic carboxylic acids is 1. The highest BCUT2D eigenvalue weighted by Crippen LogP contribution is 2.24. The van der Waals surface area contributed by atoms with Crippen molar-refractivity contribution in [1.82, 2.24) is 4.90 Å². The molecule has 0 saturated carbocycles. The SMILES string of the molecule is O=C(O)CCN1CCCC1C(=O)Nc1cc(Cl)cc(Cl)c1. The predicted molar refractivity (Wildman–Crippen MR) is 81.9 cm³/mol. The highest BCUT2D eigenvalue weighted by Gasteiger charge is 2.30. The fraction of sp³-hybridized carbons (Fsp3) is 0.429. The zero-order valence-corrected chi connectivity index (χ0v) is 12.8. The summed E-state index contributed by atoms with van der Waals surface area (Å²) < 4.78 is 0. The molecule has 0 spiro atoms. The van der Waals surface area contributed by atoms with Gasteiger partial charge >= 0.3 is 5.97 Å². The molecule has 114 valence electrons. The Kier molecular flexibility index (Phi) is 5.45. The monoisotopic (exact) mass is 330 g/mol. The zero-order valence-electron chi connectivity index (χ0n) is 11.3. The lowest BCUT2D eigenvalue weighted by atomic mass is 10.2. The minimum absolute atomic E-state index is 0.0345. The molecule has 0 bridgehead atoms. The molecule has 1 fully saturated rings. The second-order valence-electron chi connectivity index (χ2n) is 4.99. The minimum atomic E-state index is -0.859. The maximum Gasteiger partial charge on any atom is 0.304 e. The van der Waals surface area contributed by atoms with Gasteiger partial charge in [-0.1, -0.05) is 23.2 Å². The van der Waals surface area contributed by atoms with Crippen LogP contribution in [0.5, 0.6) is 0 Å². The summed E-state index contributed by atoms with van der Waals surface area (Å²) >= 11 is 11.8. The van der Waals surface area contributed by atoms with Crippen molar-refractivity contribution in [1.29, 1.82) is 0 Å². The van der Waals surface area contributed by atoms with Crippen LogP contribution in [-0.2, 0) is 9.59 Å². The van der Waals surface area contributed by atoms with Crippen molar-refractivity contribution in [3.8, 4) is 0 Å². The Morgan fingerprint density at radius 2 is 1.95 bits per heavy atom. The fourth-order valence-electron chi connectivity index (χ4n) is 2.48. The molecule has 1 unspecified atom stereocenters. The van der Waals surface area contributed by atoms with Gasteiger partial charge in [-0.05, 0) is 37.6 Å². The second-order valence-corrected chi connectivity index (χ2v) is 5.86. The number of nitrogens with zero attached hydrogens (tertiary/aromatic N) is 1. The van der Waals surface area contributed by atoms with E-state index in [2.05, 4.69) is 5.32 Å². The van der Waals surface area contributed by atoms with Crippen molar-refractivity contribution in [2.24, 2.45) is 0 Å². The van der Waals surface area contributed by atoms with Crippen molar-refractivity contribution < 1.29 is 14.7 Å². The Labute approximate surface area is 132 Å². The normalized spacial score (nSPS) is 18.7. The second kappa shape index (κ2) is 7.11. The van der Waals surface area contributed by atoms with E-state index in [4.69, 9.17) is 28.3 Å². The molecule has 1 aliphatic rings. The van der Waals surface area contributed by atoms with E-state index in [-0.39, 0.29) is 18.4 Å². The van der Waals surface area contributed by atoms with Crippen LogP contribution in [-0.4, -0.2) is 41.0 Å². The van der Waals surface area contributed by atoms with Gasteiger partial charge < -0.3 is 10.4 Å². The van der Waals surface area contributed by atoms with Crippen LogP contribution in [0.1, 0.15) is 19.3 Å². The molecule has 1 aliphatic heterocycles. The molecule has 1 amide bonds. The lowest BCUT2D eigenvalue weighted by Crippen LogP contribution is -2.40. The summed E-state index contributed by atoms with van der Waals surface area (Å²) in [4.78, 5) is 24.8. The van der Waals surface area contributed by atoms with Gasteiger partial charge in [0.2, 0.25) is 5.91 Å². The molecule has 7 heteroatoms. The molecule has 1 atom stereocenters. The number of rotatable bonds is 5. The molecular weight excluding hydrogens is 315 g/mol. The summed E-state index contributed by atoms with van der Waals surface area (Å²) in [6, 6.07) is 4.54. The molecular formula is C14H16Cl2N2O3. The number of hydrogen-bond acceptors (Lipinski definition) is 3. The third kappa shape index (κ3) is 4.59. The van der Waals surface area contributed by atoms with Gasteiger partial charge in [0, 0.05) is 22.3 Å². The molecule has 1 aromatic rings. The van der Waals surface area contributed by atoms with E-state index < -0.39 is 5.97 Å². The lowest BCUT2D eigenvalue weighted by molar-refractivity contribution is -0.137. The standard InChI is InChI=1S/C14H16Cl2N2O3/c15-9-6-10(16)8-11(7-9)17-14(21)12-2-1-4-18(12)5-3-13(19)20/h6-8,12H,1-5H2,(H,17,21)(H,19,20). The number of benzene rings is 1. The number of hydrogen-bond donors (Lipinski definition) is 2. The van der Waals surface area contributed by atoms with Crippen LogP contribution in [0.2, 0.25) is 10.0 Å². The van der Waals surface area contributed by atoms with E-state index in [1.54, 1.807) is 18.2 Å². The quantitative estimate of drug-likeness (QED) is 0.870. The van der Waals surface area contributed by atoms with Crippen LogP contribution >= 0.6 is 23.2 Å². The topological polar surface area (TPSA) is 69.6 Å². The molecule has 0 radical (unpaired) electrons. The van der Waals surface area contributed by atoms with Crippen LogP contribution < -0.4 is 5.32 Å². The number of likely N-dealkylation sites (tertiary alicyclic amines) is 1.